The van der Waals surface area contributed by atoms with Crippen LogP contribution in [0.1, 0.15) is 12.5 Å². The fourth-order valence-electron chi connectivity index (χ4n) is 2.34. The number of ether oxygens (including phenoxy) is 1. The van der Waals surface area contributed by atoms with Crippen LogP contribution in [-0.2, 0) is 4.79 Å². The summed E-state index contributed by atoms with van der Waals surface area (Å²) in [4.78, 5) is 18.4. The number of hydrogen-bond donors (Lipinski definition) is 0. The minimum atomic E-state index is -0.777. The molecule has 3 rings (SSSR count). The van der Waals surface area contributed by atoms with Crippen LogP contribution in [0, 0.1) is 11.6 Å². The molecule has 7 heteroatoms. The van der Waals surface area contributed by atoms with E-state index in [4.69, 9.17) is 4.74 Å². The Balaban J connectivity index is 1.89. The predicted molar refractivity (Wildman–Crippen MR) is 99.4 cm³/mol. The molecule has 0 atom stereocenters. The van der Waals surface area contributed by atoms with E-state index in [1.54, 1.807) is 13.1 Å². The Bertz CT molecular complexity index is 912. The van der Waals surface area contributed by atoms with Crippen LogP contribution in [-0.4, -0.2) is 29.6 Å². The van der Waals surface area contributed by atoms with Crippen LogP contribution in [0.15, 0.2) is 52.4 Å². The van der Waals surface area contributed by atoms with Crippen molar-refractivity contribution in [2.45, 2.75) is 6.92 Å². The Hall–Kier alpha value is -2.67. The van der Waals surface area contributed by atoms with E-state index in [2.05, 4.69) is 4.99 Å². The van der Waals surface area contributed by atoms with Crippen LogP contribution in [0.3, 0.4) is 0 Å². The molecule has 0 radical (unpaired) electrons. The molecule has 2 aromatic rings. The maximum absolute atomic E-state index is 13.8. The number of rotatable bonds is 4. The van der Waals surface area contributed by atoms with Gasteiger partial charge in [-0.1, -0.05) is 12.1 Å². The topological polar surface area (TPSA) is 41.9 Å². The molecule has 0 N–H and O–H groups in total. The largest absolute Gasteiger partial charge is 0.494 e. The lowest BCUT2D eigenvalue weighted by Crippen LogP contribution is -2.23. The summed E-state index contributed by atoms with van der Waals surface area (Å²) in [6, 6.07) is 10.5. The van der Waals surface area contributed by atoms with Crippen LogP contribution in [0.5, 0.6) is 5.75 Å². The van der Waals surface area contributed by atoms with Gasteiger partial charge in [-0.2, -0.15) is 0 Å². The van der Waals surface area contributed by atoms with Crippen LogP contribution >= 0.6 is 11.8 Å². The molecule has 1 heterocycles. The molecule has 2 aromatic carbocycles. The van der Waals surface area contributed by atoms with Crippen molar-refractivity contribution in [3.8, 4) is 5.75 Å². The second kappa shape index (κ2) is 7.70. The van der Waals surface area contributed by atoms with Crippen molar-refractivity contribution >= 4 is 34.6 Å². The number of amides is 1. The molecule has 1 saturated heterocycles. The van der Waals surface area contributed by atoms with Gasteiger partial charge in [0.25, 0.3) is 5.91 Å². The molecule has 134 valence electrons. The molecule has 0 bridgehead atoms. The summed E-state index contributed by atoms with van der Waals surface area (Å²) in [7, 11) is 1.56. The first-order valence-electron chi connectivity index (χ1n) is 7.92. The molecule has 0 aliphatic carbocycles. The van der Waals surface area contributed by atoms with Gasteiger partial charge in [0.15, 0.2) is 11.0 Å². The number of hydrogen-bond acceptors (Lipinski definition) is 4. The highest BCUT2D eigenvalue weighted by Gasteiger charge is 2.30. The maximum atomic E-state index is 13.8. The molecule has 0 saturated carbocycles. The summed E-state index contributed by atoms with van der Waals surface area (Å²) < 4.78 is 32.3. The molecular formula is C19H16F2N2O2S. The lowest BCUT2D eigenvalue weighted by atomic mass is 10.2. The summed E-state index contributed by atoms with van der Waals surface area (Å²) in [6.07, 6.45) is 1.73. The van der Waals surface area contributed by atoms with Crippen molar-refractivity contribution in [2.75, 3.05) is 13.7 Å². The monoisotopic (exact) mass is 374 g/mol. The highest BCUT2D eigenvalue weighted by Crippen LogP contribution is 2.34. The normalized spacial score (nSPS) is 17.4. The molecule has 0 aromatic heterocycles. The van der Waals surface area contributed by atoms with Gasteiger partial charge in [0.05, 0.1) is 11.5 Å². The molecule has 1 fully saturated rings. The van der Waals surface area contributed by atoms with Crippen molar-refractivity contribution in [2.24, 2.45) is 4.99 Å². The van der Waals surface area contributed by atoms with Gasteiger partial charge in [-0.15, -0.1) is 0 Å². The van der Waals surface area contributed by atoms with Gasteiger partial charge < -0.3 is 4.74 Å². The van der Waals surface area contributed by atoms with E-state index in [9.17, 15) is 13.6 Å². The Morgan fingerprint density at radius 3 is 2.77 bits per heavy atom. The number of benzene rings is 2. The Kier molecular flexibility index (Phi) is 5.37. The SMILES string of the molecule is CCOc1cccc(/C=C2\SC(=Nc3ccc(F)cc3F)N(C)C2=O)c1. The van der Waals surface area contributed by atoms with Crippen LogP contribution in [0.2, 0.25) is 0 Å². The number of carbonyl (C=O) groups excluding carboxylic acids is 1. The smallest absolute Gasteiger partial charge is 0.266 e. The lowest BCUT2D eigenvalue weighted by Gasteiger charge is -2.07. The zero-order valence-corrected chi connectivity index (χ0v) is 15.0. The van der Waals surface area contributed by atoms with E-state index in [-0.39, 0.29) is 11.6 Å². The number of amidine groups is 1. The molecule has 1 aliphatic rings. The average Bonchev–Trinajstić information content (AvgIpc) is 2.86. The van der Waals surface area contributed by atoms with E-state index < -0.39 is 11.6 Å². The molecular weight excluding hydrogens is 358 g/mol. The summed E-state index contributed by atoms with van der Waals surface area (Å²) in [5.74, 6) is -0.975. The van der Waals surface area contributed by atoms with Crippen molar-refractivity contribution < 1.29 is 18.3 Å². The van der Waals surface area contributed by atoms with Crippen molar-refractivity contribution in [3.63, 3.8) is 0 Å². The minimum absolute atomic E-state index is 0.0202. The summed E-state index contributed by atoms with van der Waals surface area (Å²) in [5, 5.41) is 0.327. The Morgan fingerprint density at radius 1 is 1.23 bits per heavy atom. The third-order valence-corrected chi connectivity index (χ3v) is 4.66. The Labute approximate surface area is 154 Å². The number of thioether (sulfide) groups is 1. The highest BCUT2D eigenvalue weighted by molar-refractivity contribution is 8.18. The summed E-state index contributed by atoms with van der Waals surface area (Å²) in [5.41, 5.74) is 0.794. The minimum Gasteiger partial charge on any atom is -0.494 e. The zero-order chi connectivity index (χ0) is 18.7. The van der Waals surface area contributed by atoms with Gasteiger partial charge in [-0.3, -0.25) is 9.69 Å². The van der Waals surface area contributed by atoms with E-state index in [0.29, 0.717) is 22.4 Å². The van der Waals surface area contributed by atoms with Crippen molar-refractivity contribution in [1.29, 1.82) is 0 Å². The molecule has 1 aliphatic heterocycles. The molecule has 4 nitrogen and oxygen atoms in total. The van der Waals surface area contributed by atoms with E-state index in [1.165, 1.54) is 11.0 Å². The number of likely N-dealkylation sites (N-methyl/N-ethyl adjacent to an activating group) is 1. The van der Waals surface area contributed by atoms with Gasteiger partial charge in [0.2, 0.25) is 0 Å². The highest BCUT2D eigenvalue weighted by atomic mass is 32.2. The predicted octanol–water partition coefficient (Wildman–Crippen LogP) is 4.60. The first-order chi connectivity index (χ1) is 12.5. The third kappa shape index (κ3) is 3.94. The van der Waals surface area contributed by atoms with Crippen molar-refractivity contribution in [3.05, 3.63) is 64.6 Å². The fraction of sp³-hybridized carbons (Fsp3) is 0.158. The quantitative estimate of drug-likeness (QED) is 0.735. The van der Waals surface area contributed by atoms with Crippen LogP contribution in [0.25, 0.3) is 6.08 Å². The average molecular weight is 374 g/mol. The third-order valence-electron chi connectivity index (χ3n) is 3.60. The van der Waals surface area contributed by atoms with Gasteiger partial charge >= 0.3 is 0 Å². The van der Waals surface area contributed by atoms with E-state index in [0.717, 1.165) is 29.5 Å². The maximum Gasteiger partial charge on any atom is 0.266 e. The first-order valence-corrected chi connectivity index (χ1v) is 8.74. The molecule has 0 spiro atoms. The van der Waals surface area contributed by atoms with Gasteiger partial charge in [-0.25, -0.2) is 13.8 Å². The number of nitrogens with zero attached hydrogens (tertiary/aromatic N) is 2. The molecule has 0 unspecified atom stereocenters. The standard InChI is InChI=1S/C19H16F2N2O2S/c1-3-25-14-6-4-5-12(9-14)10-17-18(24)23(2)19(26-17)22-16-8-7-13(20)11-15(16)21/h4-11H,3H2,1-2H3/b17-10-,22-19?. The van der Waals surface area contributed by atoms with Crippen molar-refractivity contribution in [1.82, 2.24) is 4.90 Å². The first kappa shape index (κ1) is 18.1. The zero-order valence-electron chi connectivity index (χ0n) is 14.2. The van der Waals surface area contributed by atoms with E-state index >= 15 is 0 Å². The summed E-state index contributed by atoms with van der Waals surface area (Å²) >= 11 is 1.13. The van der Waals surface area contributed by atoms with Gasteiger partial charge in [0, 0.05) is 13.1 Å². The molecule has 26 heavy (non-hydrogen) atoms. The second-order valence-electron chi connectivity index (χ2n) is 5.47. The number of carbonyl (C=O) groups is 1. The number of aliphatic imine (C=N–C) groups is 1. The molecule has 1 amide bonds. The van der Waals surface area contributed by atoms with E-state index in [1.807, 2.05) is 31.2 Å². The van der Waals surface area contributed by atoms with Gasteiger partial charge in [0.1, 0.15) is 17.3 Å². The Morgan fingerprint density at radius 2 is 2.04 bits per heavy atom. The van der Waals surface area contributed by atoms with Crippen LogP contribution < -0.4 is 4.74 Å². The van der Waals surface area contributed by atoms with Gasteiger partial charge in [-0.05, 0) is 54.6 Å². The summed E-state index contributed by atoms with van der Waals surface area (Å²) in [6.45, 7) is 2.45. The van der Waals surface area contributed by atoms with Crippen LogP contribution in [0.4, 0.5) is 14.5 Å². The number of halogens is 2. The lowest BCUT2D eigenvalue weighted by molar-refractivity contribution is -0.121. The fourth-order valence-corrected chi connectivity index (χ4v) is 3.32. The second-order valence-corrected chi connectivity index (χ2v) is 6.48.